The molecule has 0 aliphatic carbocycles. The Bertz CT molecular complexity index is 1110. The molecule has 1 aliphatic rings. The molecule has 0 radical (unpaired) electrons. The normalized spacial score (nSPS) is 15.4. The van der Waals surface area contributed by atoms with E-state index in [0.29, 0.717) is 17.5 Å². The first-order valence-electron chi connectivity index (χ1n) is 8.64. The number of nitrogens with one attached hydrogen (secondary N) is 1. The van der Waals surface area contributed by atoms with Gasteiger partial charge in [0, 0.05) is 5.56 Å². The summed E-state index contributed by atoms with van der Waals surface area (Å²) in [6, 6.07) is 6.37. The lowest BCUT2D eigenvalue weighted by atomic mass is 10.0. The summed E-state index contributed by atoms with van der Waals surface area (Å²) < 4.78 is 5.16. The molecule has 0 bridgehead atoms. The minimum absolute atomic E-state index is 0.0633. The van der Waals surface area contributed by atoms with E-state index in [1.54, 1.807) is 12.1 Å². The molecule has 0 unspecified atom stereocenters. The lowest BCUT2D eigenvalue weighted by molar-refractivity contribution is -0.122. The van der Waals surface area contributed by atoms with Crippen LogP contribution < -0.4 is 15.0 Å². The Morgan fingerprint density at radius 3 is 2.53 bits per heavy atom. The molecule has 0 atom stereocenters. The zero-order valence-electron chi connectivity index (χ0n) is 15.7. The Hall–Kier alpha value is -3.29. The number of barbiturate groups is 1. The van der Waals surface area contributed by atoms with Crippen molar-refractivity contribution in [1.82, 2.24) is 5.32 Å². The first-order chi connectivity index (χ1) is 14.3. The standard InChI is InChI=1S/C21H16Cl2N2O5/c1-3-4-12-7-11(9-17(30-2)18(12)26)8-14-19(27)24-21(29)25(20(14)28)13-5-6-15(22)16(23)10-13/h3,5-10,26H,1,4H2,2H3,(H,24,27,29)/b14-8+. The Morgan fingerprint density at radius 1 is 1.17 bits per heavy atom. The molecule has 0 saturated carbocycles. The maximum atomic E-state index is 13.0. The van der Waals surface area contributed by atoms with Crippen LogP contribution in [0, 0.1) is 0 Å². The van der Waals surface area contributed by atoms with Crippen LogP contribution in [0.4, 0.5) is 10.5 Å². The van der Waals surface area contributed by atoms with Crippen LogP contribution in [-0.2, 0) is 16.0 Å². The number of halogens is 2. The molecule has 1 fully saturated rings. The van der Waals surface area contributed by atoms with Gasteiger partial charge in [0.15, 0.2) is 11.5 Å². The molecule has 2 aromatic carbocycles. The second kappa shape index (κ2) is 8.61. The highest BCUT2D eigenvalue weighted by atomic mass is 35.5. The summed E-state index contributed by atoms with van der Waals surface area (Å²) in [4.78, 5) is 38.4. The maximum Gasteiger partial charge on any atom is 0.335 e. The molecule has 1 saturated heterocycles. The topological polar surface area (TPSA) is 95.9 Å². The van der Waals surface area contributed by atoms with Crippen LogP contribution in [-0.4, -0.2) is 30.1 Å². The number of hydrogen-bond donors (Lipinski definition) is 2. The highest BCUT2D eigenvalue weighted by Crippen LogP contribution is 2.34. The van der Waals surface area contributed by atoms with Gasteiger partial charge in [-0.15, -0.1) is 6.58 Å². The number of hydrogen-bond acceptors (Lipinski definition) is 5. The van der Waals surface area contributed by atoms with Gasteiger partial charge in [-0.05, 0) is 48.4 Å². The summed E-state index contributed by atoms with van der Waals surface area (Å²) in [7, 11) is 1.38. The molecule has 0 spiro atoms. The number of benzene rings is 2. The van der Waals surface area contributed by atoms with E-state index in [1.165, 1.54) is 37.5 Å². The smallest absolute Gasteiger partial charge is 0.335 e. The largest absolute Gasteiger partial charge is 0.504 e. The third-order valence-corrected chi connectivity index (χ3v) is 5.07. The van der Waals surface area contributed by atoms with Crippen LogP contribution >= 0.6 is 23.2 Å². The third kappa shape index (κ3) is 4.03. The number of carbonyl (C=O) groups excluding carboxylic acids is 3. The number of allylic oxidation sites excluding steroid dienone is 1. The highest BCUT2D eigenvalue weighted by molar-refractivity contribution is 6.43. The van der Waals surface area contributed by atoms with Crippen LogP contribution in [0.5, 0.6) is 11.5 Å². The lowest BCUT2D eigenvalue weighted by Gasteiger charge is -2.26. The number of aromatic hydroxyl groups is 1. The molecule has 154 valence electrons. The highest BCUT2D eigenvalue weighted by Gasteiger charge is 2.37. The van der Waals surface area contributed by atoms with E-state index < -0.39 is 17.8 Å². The van der Waals surface area contributed by atoms with Crippen LogP contribution in [0.25, 0.3) is 6.08 Å². The lowest BCUT2D eigenvalue weighted by Crippen LogP contribution is -2.54. The first-order valence-corrected chi connectivity index (χ1v) is 9.39. The number of anilines is 1. The maximum absolute atomic E-state index is 13.0. The molecule has 1 aliphatic heterocycles. The van der Waals surface area contributed by atoms with Crippen molar-refractivity contribution in [1.29, 1.82) is 0 Å². The van der Waals surface area contributed by atoms with Crippen molar-refractivity contribution in [3.63, 3.8) is 0 Å². The van der Waals surface area contributed by atoms with E-state index >= 15 is 0 Å². The van der Waals surface area contributed by atoms with Gasteiger partial charge >= 0.3 is 6.03 Å². The number of phenolic OH excluding ortho intramolecular Hbond substituents is 1. The molecule has 4 amide bonds. The van der Waals surface area contributed by atoms with E-state index in [4.69, 9.17) is 27.9 Å². The number of rotatable bonds is 5. The second-order valence-electron chi connectivity index (χ2n) is 6.28. The molecule has 9 heteroatoms. The fraction of sp³-hybridized carbons (Fsp3) is 0.0952. The predicted molar refractivity (Wildman–Crippen MR) is 114 cm³/mol. The van der Waals surface area contributed by atoms with E-state index in [0.717, 1.165) is 4.90 Å². The van der Waals surface area contributed by atoms with Crippen LogP contribution in [0.15, 0.2) is 48.6 Å². The Labute approximate surface area is 182 Å². The van der Waals surface area contributed by atoms with Crippen molar-refractivity contribution in [3.8, 4) is 11.5 Å². The Morgan fingerprint density at radius 2 is 1.90 bits per heavy atom. The molecule has 30 heavy (non-hydrogen) atoms. The quantitative estimate of drug-likeness (QED) is 0.409. The van der Waals surface area contributed by atoms with Crippen molar-refractivity contribution < 1.29 is 24.2 Å². The van der Waals surface area contributed by atoms with Crippen molar-refractivity contribution in [3.05, 3.63) is 69.7 Å². The summed E-state index contributed by atoms with van der Waals surface area (Å²) >= 11 is 11.9. The average molecular weight is 447 g/mol. The Kier molecular flexibility index (Phi) is 6.14. The van der Waals surface area contributed by atoms with Gasteiger partial charge in [0.05, 0.1) is 22.8 Å². The molecular formula is C21H16Cl2N2O5. The molecular weight excluding hydrogens is 431 g/mol. The zero-order chi connectivity index (χ0) is 22.0. The first kappa shape index (κ1) is 21.4. The van der Waals surface area contributed by atoms with Gasteiger partial charge in [0.1, 0.15) is 5.57 Å². The monoisotopic (exact) mass is 446 g/mol. The number of urea groups is 1. The molecule has 3 rings (SSSR count). The minimum atomic E-state index is -0.906. The number of methoxy groups -OCH3 is 1. The van der Waals surface area contributed by atoms with Crippen LogP contribution in [0.3, 0.4) is 0 Å². The SMILES string of the molecule is C=CCc1cc(/C=C2\C(=O)NC(=O)N(c3ccc(Cl)c(Cl)c3)C2=O)cc(OC)c1O. The van der Waals surface area contributed by atoms with Gasteiger partial charge in [-0.2, -0.15) is 0 Å². The number of imide groups is 2. The van der Waals surface area contributed by atoms with Gasteiger partial charge in [0.2, 0.25) is 0 Å². The summed E-state index contributed by atoms with van der Waals surface area (Å²) in [6.07, 6.45) is 3.24. The fourth-order valence-corrected chi connectivity index (χ4v) is 3.21. The van der Waals surface area contributed by atoms with E-state index in [1.807, 2.05) is 0 Å². The van der Waals surface area contributed by atoms with Crippen LogP contribution in [0.2, 0.25) is 10.0 Å². The number of carbonyl (C=O) groups is 3. The van der Waals surface area contributed by atoms with Gasteiger partial charge in [0.25, 0.3) is 11.8 Å². The number of phenols is 1. The number of nitrogens with zero attached hydrogens (tertiary/aromatic N) is 1. The van der Waals surface area contributed by atoms with Crippen molar-refractivity contribution in [2.45, 2.75) is 6.42 Å². The molecule has 1 heterocycles. The van der Waals surface area contributed by atoms with E-state index in [9.17, 15) is 19.5 Å². The zero-order valence-corrected chi connectivity index (χ0v) is 17.3. The van der Waals surface area contributed by atoms with E-state index in [-0.39, 0.29) is 32.8 Å². The van der Waals surface area contributed by atoms with Crippen molar-refractivity contribution in [2.75, 3.05) is 12.0 Å². The summed E-state index contributed by atoms with van der Waals surface area (Å²) in [5.74, 6) is -1.58. The summed E-state index contributed by atoms with van der Waals surface area (Å²) in [5, 5.41) is 12.7. The molecule has 0 aromatic heterocycles. The van der Waals surface area contributed by atoms with Gasteiger partial charge < -0.3 is 9.84 Å². The van der Waals surface area contributed by atoms with Gasteiger partial charge in [-0.3, -0.25) is 14.9 Å². The second-order valence-corrected chi connectivity index (χ2v) is 7.09. The summed E-state index contributed by atoms with van der Waals surface area (Å²) in [6.45, 7) is 3.64. The average Bonchev–Trinajstić information content (AvgIpc) is 2.70. The van der Waals surface area contributed by atoms with Gasteiger partial charge in [-0.1, -0.05) is 29.3 Å². The number of amides is 4. The van der Waals surface area contributed by atoms with Gasteiger partial charge in [-0.25, -0.2) is 9.69 Å². The van der Waals surface area contributed by atoms with E-state index in [2.05, 4.69) is 11.9 Å². The van der Waals surface area contributed by atoms with Crippen LogP contribution in [0.1, 0.15) is 11.1 Å². The number of ether oxygens (including phenoxy) is 1. The third-order valence-electron chi connectivity index (χ3n) is 4.33. The Balaban J connectivity index is 2.07. The van der Waals surface area contributed by atoms with Crippen molar-refractivity contribution >= 4 is 52.8 Å². The summed E-state index contributed by atoms with van der Waals surface area (Å²) in [5.41, 5.74) is 0.791. The molecule has 2 aromatic rings. The molecule has 2 N–H and O–H groups in total. The minimum Gasteiger partial charge on any atom is -0.504 e. The molecule has 7 nitrogen and oxygen atoms in total. The fourth-order valence-electron chi connectivity index (χ4n) is 2.92. The predicted octanol–water partition coefficient (Wildman–Crippen LogP) is 4.10. The van der Waals surface area contributed by atoms with Crippen molar-refractivity contribution in [2.24, 2.45) is 0 Å².